The zero-order chi connectivity index (χ0) is 13.3. The minimum absolute atomic E-state index is 0.344. The fourth-order valence-electron chi connectivity index (χ4n) is 1.79. The number of benzene rings is 1. The summed E-state index contributed by atoms with van der Waals surface area (Å²) >= 11 is 0. The predicted octanol–water partition coefficient (Wildman–Crippen LogP) is 0.472. The molecule has 2 rings (SSSR count). The number of amides is 1. The van der Waals surface area contributed by atoms with Crippen LogP contribution in [0.2, 0.25) is 0 Å². The second-order valence-electron chi connectivity index (χ2n) is 4.50. The van der Waals surface area contributed by atoms with E-state index in [2.05, 4.69) is 5.32 Å². The Morgan fingerprint density at radius 2 is 2.06 bits per heavy atom. The summed E-state index contributed by atoms with van der Waals surface area (Å²) in [6, 6.07) is 5.17. The van der Waals surface area contributed by atoms with Crippen LogP contribution < -0.4 is 15.2 Å². The number of hydrogen-bond acceptors (Lipinski definition) is 4. The van der Waals surface area contributed by atoms with E-state index in [0.29, 0.717) is 24.3 Å². The third kappa shape index (κ3) is 2.03. The monoisotopic (exact) mass is 248 g/mol. The van der Waals surface area contributed by atoms with Crippen molar-refractivity contribution in [2.75, 3.05) is 12.4 Å². The van der Waals surface area contributed by atoms with E-state index >= 15 is 0 Å². The zero-order valence-corrected chi connectivity index (χ0v) is 10.3. The van der Waals surface area contributed by atoms with E-state index in [1.807, 2.05) is 6.92 Å². The molecule has 5 nitrogen and oxygen atoms in total. The molecule has 1 aliphatic rings. The van der Waals surface area contributed by atoms with E-state index in [4.69, 9.17) is 4.74 Å². The average molecular weight is 248 g/mol. The van der Waals surface area contributed by atoms with Gasteiger partial charge in [0.15, 0.2) is 0 Å². The third-order valence-corrected chi connectivity index (χ3v) is 3.26. The number of aliphatic carboxylic acids is 1. The van der Waals surface area contributed by atoms with Crippen LogP contribution in [0.1, 0.15) is 18.4 Å². The Balaban J connectivity index is 2.15. The number of hydrogen-bond donors (Lipinski definition) is 1. The number of carboxylic acids is 1. The highest BCUT2D eigenvalue weighted by Gasteiger charge is 2.51. The first kappa shape index (κ1) is 12.4. The van der Waals surface area contributed by atoms with E-state index in [-0.39, 0.29) is 0 Å². The van der Waals surface area contributed by atoms with Gasteiger partial charge in [0.1, 0.15) is 5.75 Å². The van der Waals surface area contributed by atoms with Crippen LogP contribution in [0.25, 0.3) is 0 Å². The van der Waals surface area contributed by atoms with Gasteiger partial charge in [0.2, 0.25) is 5.91 Å². The number of aryl methyl sites for hydroxylation is 1. The summed E-state index contributed by atoms with van der Waals surface area (Å²) in [5.74, 6) is -1.12. The van der Waals surface area contributed by atoms with Crippen molar-refractivity contribution in [1.82, 2.24) is 0 Å². The molecule has 0 saturated heterocycles. The fourth-order valence-corrected chi connectivity index (χ4v) is 1.79. The third-order valence-electron chi connectivity index (χ3n) is 3.26. The number of methoxy groups -OCH3 is 1. The predicted molar refractivity (Wildman–Crippen MR) is 63.0 cm³/mol. The van der Waals surface area contributed by atoms with Gasteiger partial charge in [-0.25, -0.2) is 0 Å². The van der Waals surface area contributed by atoms with Crippen LogP contribution in [0.15, 0.2) is 18.2 Å². The van der Waals surface area contributed by atoms with Gasteiger partial charge in [-0.3, -0.25) is 4.79 Å². The molecule has 96 valence electrons. The molecule has 0 radical (unpaired) electrons. The van der Waals surface area contributed by atoms with Crippen LogP contribution in [0.4, 0.5) is 5.69 Å². The number of nitrogens with one attached hydrogen (secondary N) is 1. The minimum Gasteiger partial charge on any atom is -0.549 e. The molecule has 0 unspecified atom stereocenters. The molecule has 0 spiro atoms. The normalized spacial score (nSPS) is 15.9. The summed E-state index contributed by atoms with van der Waals surface area (Å²) in [6.45, 7) is 1.82. The van der Waals surface area contributed by atoms with E-state index in [0.717, 1.165) is 5.56 Å². The highest BCUT2D eigenvalue weighted by atomic mass is 16.5. The van der Waals surface area contributed by atoms with Crippen molar-refractivity contribution >= 4 is 17.6 Å². The van der Waals surface area contributed by atoms with Gasteiger partial charge >= 0.3 is 0 Å². The maximum atomic E-state index is 11.9. The van der Waals surface area contributed by atoms with Crippen molar-refractivity contribution in [2.24, 2.45) is 5.41 Å². The van der Waals surface area contributed by atoms with E-state index in [9.17, 15) is 14.7 Å². The number of rotatable bonds is 4. The number of carbonyl (C=O) groups excluding carboxylic acids is 2. The summed E-state index contributed by atoms with van der Waals surface area (Å²) in [5, 5.41) is 13.5. The minimum atomic E-state index is -1.33. The van der Waals surface area contributed by atoms with Crippen molar-refractivity contribution in [3.05, 3.63) is 23.8 Å². The Morgan fingerprint density at radius 1 is 1.39 bits per heavy atom. The van der Waals surface area contributed by atoms with E-state index in [1.165, 1.54) is 0 Å². The van der Waals surface area contributed by atoms with Gasteiger partial charge in [-0.15, -0.1) is 0 Å². The lowest BCUT2D eigenvalue weighted by molar-refractivity contribution is -0.311. The molecule has 0 bridgehead atoms. The van der Waals surface area contributed by atoms with Crippen molar-refractivity contribution in [3.63, 3.8) is 0 Å². The summed E-state index contributed by atoms with van der Waals surface area (Å²) < 4.78 is 5.06. The smallest absolute Gasteiger partial charge is 0.236 e. The molecule has 0 aliphatic heterocycles. The van der Waals surface area contributed by atoms with Crippen LogP contribution in [-0.4, -0.2) is 19.0 Å². The SMILES string of the molecule is COc1ccc(NC(=O)C2(C(=O)[O-])CC2)c(C)c1. The van der Waals surface area contributed by atoms with E-state index in [1.54, 1.807) is 25.3 Å². The number of ether oxygens (including phenoxy) is 1. The standard InChI is InChI=1S/C13H15NO4/c1-8-7-9(18-2)3-4-10(8)14-11(15)13(5-6-13)12(16)17/h3-4,7H,5-6H2,1-2H3,(H,14,15)(H,16,17)/p-1. The lowest BCUT2D eigenvalue weighted by Crippen LogP contribution is -2.41. The second-order valence-corrected chi connectivity index (χ2v) is 4.50. The van der Waals surface area contributed by atoms with Gasteiger partial charge in [0.05, 0.1) is 18.5 Å². The number of carbonyl (C=O) groups is 2. The summed E-state index contributed by atoms with van der Waals surface area (Å²) in [5.41, 5.74) is 0.0806. The summed E-state index contributed by atoms with van der Waals surface area (Å²) in [6.07, 6.45) is 0.687. The summed E-state index contributed by atoms with van der Waals surface area (Å²) in [7, 11) is 1.56. The zero-order valence-electron chi connectivity index (χ0n) is 10.3. The van der Waals surface area contributed by atoms with Crippen LogP contribution in [0.3, 0.4) is 0 Å². The first-order chi connectivity index (χ1) is 8.49. The molecule has 1 aromatic rings. The molecule has 0 atom stereocenters. The first-order valence-electron chi connectivity index (χ1n) is 5.67. The van der Waals surface area contributed by atoms with Gasteiger partial charge in [0.25, 0.3) is 0 Å². The largest absolute Gasteiger partial charge is 0.549 e. The van der Waals surface area contributed by atoms with Crippen molar-refractivity contribution in [1.29, 1.82) is 0 Å². The molecule has 1 N–H and O–H groups in total. The Labute approximate surface area is 105 Å². The maximum absolute atomic E-state index is 11.9. The molecule has 0 aromatic heterocycles. The Morgan fingerprint density at radius 3 is 2.50 bits per heavy atom. The highest BCUT2D eigenvalue weighted by Crippen LogP contribution is 2.46. The van der Waals surface area contributed by atoms with Gasteiger partial charge in [-0.2, -0.15) is 0 Å². The quantitative estimate of drug-likeness (QED) is 0.786. The summed E-state index contributed by atoms with van der Waals surface area (Å²) in [4.78, 5) is 22.8. The lowest BCUT2D eigenvalue weighted by Gasteiger charge is -2.17. The van der Waals surface area contributed by atoms with Crippen LogP contribution >= 0.6 is 0 Å². The van der Waals surface area contributed by atoms with Gasteiger partial charge in [-0.05, 0) is 43.5 Å². The van der Waals surface area contributed by atoms with E-state index < -0.39 is 17.3 Å². The lowest BCUT2D eigenvalue weighted by atomic mass is 10.1. The molecule has 1 fully saturated rings. The Hall–Kier alpha value is -2.04. The molecule has 1 saturated carbocycles. The van der Waals surface area contributed by atoms with Crippen molar-refractivity contribution in [3.8, 4) is 5.75 Å². The molecular formula is C13H14NO4-. The van der Waals surface area contributed by atoms with Gasteiger partial charge < -0.3 is 20.0 Å². The van der Waals surface area contributed by atoms with Crippen LogP contribution in [0, 0.1) is 12.3 Å². The Bertz CT molecular complexity index is 506. The molecular weight excluding hydrogens is 234 g/mol. The van der Waals surface area contributed by atoms with Crippen LogP contribution in [0.5, 0.6) is 5.75 Å². The number of carboxylic acid groups (broad SMARTS) is 1. The fraction of sp³-hybridized carbons (Fsp3) is 0.385. The molecule has 5 heteroatoms. The first-order valence-corrected chi connectivity index (χ1v) is 5.67. The van der Waals surface area contributed by atoms with Crippen LogP contribution in [-0.2, 0) is 9.59 Å². The Kier molecular flexibility index (Phi) is 2.98. The molecule has 1 amide bonds. The van der Waals surface area contributed by atoms with Gasteiger partial charge in [0, 0.05) is 5.69 Å². The van der Waals surface area contributed by atoms with Crippen molar-refractivity contribution < 1.29 is 19.4 Å². The molecule has 18 heavy (non-hydrogen) atoms. The molecule has 1 aromatic carbocycles. The maximum Gasteiger partial charge on any atom is 0.236 e. The topological polar surface area (TPSA) is 78.5 Å². The second kappa shape index (κ2) is 4.33. The molecule has 0 heterocycles. The number of anilines is 1. The van der Waals surface area contributed by atoms with Gasteiger partial charge in [-0.1, -0.05) is 0 Å². The molecule has 1 aliphatic carbocycles. The highest BCUT2D eigenvalue weighted by molar-refractivity contribution is 6.10. The average Bonchev–Trinajstić information content (AvgIpc) is 3.12. The van der Waals surface area contributed by atoms with Crippen molar-refractivity contribution in [2.45, 2.75) is 19.8 Å².